The van der Waals surface area contributed by atoms with E-state index >= 15 is 0 Å². The topological polar surface area (TPSA) is 44.5 Å². The van der Waals surface area contributed by atoms with Crippen LogP contribution in [0.2, 0.25) is 0 Å². The minimum atomic E-state index is 0.166. The Kier molecular flexibility index (Phi) is 6.55. The molecule has 0 bridgehead atoms. The second kappa shape index (κ2) is 7.69. The van der Waals surface area contributed by atoms with Gasteiger partial charge in [-0.15, -0.1) is 0 Å². The van der Waals surface area contributed by atoms with Gasteiger partial charge in [0.25, 0.3) is 0 Å². The van der Waals surface area contributed by atoms with Crippen LogP contribution in [0.1, 0.15) is 25.8 Å². The highest BCUT2D eigenvalue weighted by Crippen LogP contribution is 2.24. The molecular weight excluding hydrogens is 282 g/mol. The maximum absolute atomic E-state index is 5.98. The zero-order valence-corrected chi connectivity index (χ0v) is 12.0. The van der Waals surface area contributed by atoms with Crippen molar-refractivity contribution >= 4 is 15.9 Å². The molecule has 0 aliphatic heterocycles. The van der Waals surface area contributed by atoms with E-state index in [-0.39, 0.29) is 12.8 Å². The molecule has 0 saturated carbocycles. The summed E-state index contributed by atoms with van der Waals surface area (Å²) in [5.41, 5.74) is 7.10. The van der Waals surface area contributed by atoms with Gasteiger partial charge in [-0.05, 0) is 43.5 Å². The summed E-state index contributed by atoms with van der Waals surface area (Å²) in [4.78, 5) is 0. The molecule has 1 atom stereocenters. The number of ether oxygens (including phenoxy) is 2. The maximum Gasteiger partial charge on any atom is 0.189 e. The van der Waals surface area contributed by atoms with Crippen molar-refractivity contribution in [2.45, 2.75) is 32.7 Å². The first-order valence-electron chi connectivity index (χ1n) is 5.91. The molecule has 2 N–H and O–H groups in total. The lowest BCUT2D eigenvalue weighted by atomic mass is 10.0. The fraction of sp³-hybridized carbons (Fsp3) is 0.538. The Morgan fingerprint density at radius 2 is 2.12 bits per heavy atom. The van der Waals surface area contributed by atoms with E-state index in [0.717, 1.165) is 28.6 Å². The molecule has 0 radical (unpaired) electrons. The third-order valence-corrected chi connectivity index (χ3v) is 3.02. The summed E-state index contributed by atoms with van der Waals surface area (Å²) in [7, 11) is 0. The van der Waals surface area contributed by atoms with E-state index in [1.807, 2.05) is 19.1 Å². The van der Waals surface area contributed by atoms with Crippen LogP contribution in [0.4, 0.5) is 0 Å². The quantitative estimate of drug-likeness (QED) is 0.622. The van der Waals surface area contributed by atoms with Gasteiger partial charge in [-0.25, -0.2) is 0 Å². The van der Waals surface area contributed by atoms with Gasteiger partial charge < -0.3 is 15.2 Å². The SMILES string of the molecule is CCOCOc1ccc(Br)cc1CC(N)CC. The summed E-state index contributed by atoms with van der Waals surface area (Å²) in [6.45, 7) is 4.97. The van der Waals surface area contributed by atoms with Crippen molar-refractivity contribution in [1.29, 1.82) is 0 Å². The molecule has 0 saturated heterocycles. The smallest absolute Gasteiger partial charge is 0.189 e. The zero-order chi connectivity index (χ0) is 12.7. The highest BCUT2D eigenvalue weighted by atomic mass is 79.9. The van der Waals surface area contributed by atoms with E-state index < -0.39 is 0 Å². The van der Waals surface area contributed by atoms with Gasteiger partial charge in [0.1, 0.15) is 5.75 Å². The molecule has 0 spiro atoms. The Bertz CT molecular complexity index is 344. The standard InChI is InChI=1S/C13H20BrNO2/c1-3-12(15)8-10-7-11(14)5-6-13(10)17-9-16-4-2/h5-7,12H,3-4,8-9,15H2,1-2H3. The molecule has 0 heterocycles. The van der Waals surface area contributed by atoms with Crippen molar-refractivity contribution in [2.75, 3.05) is 13.4 Å². The molecule has 0 aromatic heterocycles. The average Bonchev–Trinajstić information content (AvgIpc) is 2.32. The fourth-order valence-corrected chi connectivity index (χ4v) is 1.87. The Hall–Kier alpha value is -0.580. The van der Waals surface area contributed by atoms with Crippen LogP contribution < -0.4 is 10.5 Å². The molecular formula is C13H20BrNO2. The Morgan fingerprint density at radius 1 is 1.35 bits per heavy atom. The first-order chi connectivity index (χ1) is 8.17. The number of rotatable bonds is 7. The van der Waals surface area contributed by atoms with Crippen molar-refractivity contribution < 1.29 is 9.47 Å². The summed E-state index contributed by atoms with van der Waals surface area (Å²) in [6, 6.07) is 6.12. The maximum atomic E-state index is 5.98. The van der Waals surface area contributed by atoms with E-state index in [4.69, 9.17) is 15.2 Å². The van der Waals surface area contributed by atoms with Crippen LogP contribution in [0.5, 0.6) is 5.75 Å². The molecule has 0 aliphatic rings. The summed E-state index contributed by atoms with van der Waals surface area (Å²) in [5.74, 6) is 0.852. The van der Waals surface area contributed by atoms with Crippen LogP contribution >= 0.6 is 15.9 Å². The van der Waals surface area contributed by atoms with Crippen molar-refractivity contribution in [3.8, 4) is 5.75 Å². The van der Waals surface area contributed by atoms with Gasteiger partial charge in [0.05, 0.1) is 0 Å². The highest BCUT2D eigenvalue weighted by molar-refractivity contribution is 9.10. The third kappa shape index (κ3) is 5.06. The van der Waals surface area contributed by atoms with Crippen LogP contribution in [0.15, 0.2) is 22.7 Å². The zero-order valence-electron chi connectivity index (χ0n) is 10.4. The Balaban J connectivity index is 2.72. The van der Waals surface area contributed by atoms with Gasteiger partial charge in [0, 0.05) is 17.1 Å². The summed E-state index contributed by atoms with van der Waals surface area (Å²) in [5, 5.41) is 0. The predicted molar refractivity (Wildman–Crippen MR) is 73.2 cm³/mol. The largest absolute Gasteiger partial charge is 0.467 e. The van der Waals surface area contributed by atoms with Crippen LogP contribution in [-0.4, -0.2) is 19.4 Å². The normalized spacial score (nSPS) is 12.5. The van der Waals surface area contributed by atoms with Crippen molar-refractivity contribution in [1.82, 2.24) is 0 Å². The van der Waals surface area contributed by atoms with E-state index in [1.54, 1.807) is 0 Å². The van der Waals surface area contributed by atoms with Gasteiger partial charge in [-0.2, -0.15) is 0 Å². The minimum absolute atomic E-state index is 0.166. The van der Waals surface area contributed by atoms with E-state index in [0.29, 0.717) is 6.61 Å². The minimum Gasteiger partial charge on any atom is -0.467 e. The molecule has 96 valence electrons. The number of halogens is 1. The van der Waals surface area contributed by atoms with Gasteiger partial charge in [-0.1, -0.05) is 22.9 Å². The van der Waals surface area contributed by atoms with Crippen LogP contribution in [0, 0.1) is 0 Å². The predicted octanol–water partition coefficient (Wildman–Crippen LogP) is 3.10. The van der Waals surface area contributed by atoms with Gasteiger partial charge in [0.2, 0.25) is 0 Å². The first-order valence-corrected chi connectivity index (χ1v) is 6.71. The molecule has 1 aromatic rings. The van der Waals surface area contributed by atoms with Crippen LogP contribution in [0.25, 0.3) is 0 Å². The molecule has 4 heteroatoms. The molecule has 1 unspecified atom stereocenters. The number of benzene rings is 1. The van der Waals surface area contributed by atoms with E-state index in [1.165, 1.54) is 0 Å². The molecule has 1 aromatic carbocycles. The summed E-state index contributed by atoms with van der Waals surface area (Å²) in [6.07, 6.45) is 1.77. The first kappa shape index (κ1) is 14.5. The second-order valence-electron chi connectivity index (χ2n) is 3.88. The lowest BCUT2D eigenvalue weighted by Crippen LogP contribution is -2.21. The number of hydrogen-bond donors (Lipinski definition) is 1. The Morgan fingerprint density at radius 3 is 2.76 bits per heavy atom. The molecule has 1 rings (SSSR count). The number of hydrogen-bond acceptors (Lipinski definition) is 3. The molecule has 0 fully saturated rings. The van der Waals surface area contributed by atoms with Crippen molar-refractivity contribution in [3.63, 3.8) is 0 Å². The van der Waals surface area contributed by atoms with E-state index in [2.05, 4.69) is 28.9 Å². The average molecular weight is 302 g/mol. The van der Waals surface area contributed by atoms with Crippen LogP contribution in [0.3, 0.4) is 0 Å². The summed E-state index contributed by atoms with van der Waals surface area (Å²) >= 11 is 3.46. The van der Waals surface area contributed by atoms with Crippen molar-refractivity contribution in [2.24, 2.45) is 5.73 Å². The van der Waals surface area contributed by atoms with Crippen LogP contribution in [-0.2, 0) is 11.2 Å². The Labute approximate surface area is 111 Å². The number of nitrogens with two attached hydrogens (primary N) is 1. The highest BCUT2D eigenvalue weighted by Gasteiger charge is 2.08. The lowest BCUT2D eigenvalue weighted by molar-refractivity contribution is 0.0218. The third-order valence-electron chi connectivity index (χ3n) is 2.53. The van der Waals surface area contributed by atoms with Crippen molar-refractivity contribution in [3.05, 3.63) is 28.2 Å². The summed E-state index contributed by atoms with van der Waals surface area (Å²) < 4.78 is 11.8. The monoisotopic (exact) mass is 301 g/mol. The molecule has 17 heavy (non-hydrogen) atoms. The fourth-order valence-electron chi connectivity index (χ4n) is 1.46. The molecule has 3 nitrogen and oxygen atoms in total. The van der Waals surface area contributed by atoms with Gasteiger partial charge in [0.15, 0.2) is 6.79 Å². The van der Waals surface area contributed by atoms with Gasteiger partial charge in [-0.3, -0.25) is 0 Å². The second-order valence-corrected chi connectivity index (χ2v) is 4.80. The van der Waals surface area contributed by atoms with E-state index in [9.17, 15) is 0 Å². The molecule has 0 amide bonds. The molecule has 0 aliphatic carbocycles. The lowest BCUT2D eigenvalue weighted by Gasteiger charge is -2.14. The van der Waals surface area contributed by atoms with Gasteiger partial charge >= 0.3 is 0 Å².